The van der Waals surface area contributed by atoms with Crippen molar-refractivity contribution in [2.75, 3.05) is 0 Å². The minimum absolute atomic E-state index is 0.238. The highest BCUT2D eigenvalue weighted by Crippen LogP contribution is 2.27. The lowest BCUT2D eigenvalue weighted by Gasteiger charge is -2.18. The van der Waals surface area contributed by atoms with E-state index in [1.807, 2.05) is 0 Å². The van der Waals surface area contributed by atoms with E-state index in [2.05, 4.69) is 10.1 Å². The summed E-state index contributed by atoms with van der Waals surface area (Å²) in [4.78, 5) is 16.8. The average Bonchev–Trinajstić information content (AvgIpc) is 2.92. The second kappa shape index (κ2) is 8.64. The van der Waals surface area contributed by atoms with Crippen LogP contribution in [0.4, 0.5) is 17.6 Å². The SMILES string of the molecule is Cc1nn(CC(F)(F)F)c(C)c1CC(=O)O[C@@H](c1cccc(F)c1)c1ccccn1. The van der Waals surface area contributed by atoms with E-state index in [1.54, 1.807) is 24.3 Å². The van der Waals surface area contributed by atoms with Gasteiger partial charge in [0.25, 0.3) is 0 Å². The van der Waals surface area contributed by atoms with E-state index >= 15 is 0 Å². The second-order valence-corrected chi connectivity index (χ2v) is 6.78. The zero-order valence-corrected chi connectivity index (χ0v) is 16.3. The van der Waals surface area contributed by atoms with Gasteiger partial charge in [-0.15, -0.1) is 0 Å². The van der Waals surface area contributed by atoms with Crippen LogP contribution in [0.1, 0.15) is 34.3 Å². The van der Waals surface area contributed by atoms with Gasteiger partial charge in [0.1, 0.15) is 12.4 Å². The van der Waals surface area contributed by atoms with Crippen LogP contribution in [0.2, 0.25) is 0 Å². The number of hydrogen-bond donors (Lipinski definition) is 0. The molecule has 3 rings (SSSR count). The summed E-state index contributed by atoms with van der Waals surface area (Å²) in [6.07, 6.45) is -4.14. The molecular formula is C21H19F4N3O2. The highest BCUT2D eigenvalue weighted by Gasteiger charge is 2.30. The molecule has 0 N–H and O–H groups in total. The molecule has 158 valence electrons. The maximum atomic E-state index is 13.7. The zero-order chi connectivity index (χ0) is 21.9. The van der Waals surface area contributed by atoms with Gasteiger partial charge in [-0.1, -0.05) is 18.2 Å². The van der Waals surface area contributed by atoms with Gasteiger partial charge in [-0.05, 0) is 38.1 Å². The maximum Gasteiger partial charge on any atom is 0.408 e. The lowest BCUT2D eigenvalue weighted by Crippen LogP contribution is -2.20. The Kier molecular flexibility index (Phi) is 6.19. The molecule has 0 aliphatic carbocycles. The van der Waals surface area contributed by atoms with Crippen molar-refractivity contribution in [1.82, 2.24) is 14.8 Å². The summed E-state index contributed by atoms with van der Waals surface area (Å²) in [6.45, 7) is 1.76. The monoisotopic (exact) mass is 421 g/mol. The Bertz CT molecular complexity index is 1030. The number of nitrogens with zero attached hydrogens (tertiary/aromatic N) is 3. The standard InChI is InChI=1S/C21H19F4N3O2/c1-13-17(14(2)28(27-13)12-21(23,24)25)11-19(29)30-20(18-8-3-4-9-26-18)15-6-5-7-16(22)10-15/h3-10,20H,11-12H2,1-2H3/t20-/m0/s1. The number of carbonyl (C=O) groups is 1. The van der Waals surface area contributed by atoms with Crippen molar-refractivity contribution in [2.45, 2.75) is 39.1 Å². The molecule has 2 heterocycles. The summed E-state index contributed by atoms with van der Waals surface area (Å²) in [5, 5.41) is 3.88. The zero-order valence-electron chi connectivity index (χ0n) is 16.3. The molecule has 0 bridgehead atoms. The number of aryl methyl sites for hydroxylation is 1. The first-order valence-electron chi connectivity index (χ1n) is 9.09. The van der Waals surface area contributed by atoms with Crippen LogP contribution in [0.3, 0.4) is 0 Å². The molecule has 0 unspecified atom stereocenters. The van der Waals surface area contributed by atoms with Crippen molar-refractivity contribution in [3.05, 3.63) is 82.7 Å². The van der Waals surface area contributed by atoms with E-state index in [-0.39, 0.29) is 12.1 Å². The lowest BCUT2D eigenvalue weighted by atomic mass is 10.1. The fourth-order valence-electron chi connectivity index (χ4n) is 3.13. The Morgan fingerprint density at radius 1 is 1.17 bits per heavy atom. The van der Waals surface area contributed by atoms with Gasteiger partial charge >= 0.3 is 12.1 Å². The third-order valence-electron chi connectivity index (χ3n) is 4.54. The topological polar surface area (TPSA) is 57.0 Å². The molecular weight excluding hydrogens is 402 g/mol. The molecule has 1 atom stereocenters. The van der Waals surface area contributed by atoms with E-state index in [0.717, 1.165) is 4.68 Å². The van der Waals surface area contributed by atoms with Crippen LogP contribution < -0.4 is 0 Å². The highest BCUT2D eigenvalue weighted by molar-refractivity contribution is 5.74. The van der Waals surface area contributed by atoms with E-state index in [0.29, 0.717) is 22.5 Å². The number of ether oxygens (including phenoxy) is 1. The minimum Gasteiger partial charge on any atom is -0.451 e. The molecule has 2 aromatic heterocycles. The largest absolute Gasteiger partial charge is 0.451 e. The van der Waals surface area contributed by atoms with E-state index in [9.17, 15) is 22.4 Å². The third-order valence-corrected chi connectivity index (χ3v) is 4.54. The molecule has 0 aliphatic heterocycles. The first-order chi connectivity index (χ1) is 14.1. The molecule has 1 aromatic carbocycles. The Balaban J connectivity index is 1.84. The van der Waals surface area contributed by atoms with Crippen molar-refractivity contribution in [2.24, 2.45) is 0 Å². The van der Waals surface area contributed by atoms with Crippen LogP contribution in [0.25, 0.3) is 0 Å². The molecule has 5 nitrogen and oxygen atoms in total. The van der Waals surface area contributed by atoms with Crippen LogP contribution in [-0.4, -0.2) is 26.9 Å². The predicted molar refractivity (Wildman–Crippen MR) is 100 cm³/mol. The molecule has 0 amide bonds. The summed E-state index contributed by atoms with van der Waals surface area (Å²) >= 11 is 0. The number of rotatable bonds is 6. The third kappa shape index (κ3) is 5.22. The smallest absolute Gasteiger partial charge is 0.408 e. The number of hydrogen-bond acceptors (Lipinski definition) is 4. The molecule has 0 aliphatic rings. The number of halogens is 4. The summed E-state index contributed by atoms with van der Waals surface area (Å²) < 4.78 is 58.2. The number of carbonyl (C=O) groups excluding carboxylic acids is 1. The average molecular weight is 421 g/mol. The molecule has 9 heteroatoms. The van der Waals surface area contributed by atoms with Gasteiger partial charge in [0.2, 0.25) is 0 Å². The van der Waals surface area contributed by atoms with Crippen LogP contribution >= 0.6 is 0 Å². The normalized spacial score (nSPS) is 12.6. The van der Waals surface area contributed by atoms with Crippen molar-refractivity contribution in [3.8, 4) is 0 Å². The molecule has 0 saturated carbocycles. The summed E-state index contributed by atoms with van der Waals surface area (Å²) in [5.41, 5.74) is 1.71. The van der Waals surface area contributed by atoms with Gasteiger partial charge in [0.05, 0.1) is 17.8 Å². The molecule has 3 aromatic rings. The fraction of sp³-hybridized carbons (Fsp3) is 0.286. The summed E-state index contributed by atoms with van der Waals surface area (Å²) in [5.74, 6) is -1.18. The lowest BCUT2D eigenvalue weighted by molar-refractivity contribution is -0.147. The highest BCUT2D eigenvalue weighted by atomic mass is 19.4. The predicted octanol–water partition coefficient (Wildman–Crippen LogP) is 4.47. The van der Waals surface area contributed by atoms with Crippen LogP contribution in [0.15, 0.2) is 48.7 Å². The van der Waals surface area contributed by atoms with Gasteiger partial charge in [-0.25, -0.2) is 4.39 Å². The Hall–Kier alpha value is -3.23. The number of esters is 1. The van der Waals surface area contributed by atoms with Crippen molar-refractivity contribution < 1.29 is 27.1 Å². The first-order valence-corrected chi connectivity index (χ1v) is 9.09. The summed E-state index contributed by atoms with van der Waals surface area (Å²) in [6, 6.07) is 10.6. The van der Waals surface area contributed by atoms with Crippen LogP contribution in [-0.2, 0) is 22.5 Å². The maximum absolute atomic E-state index is 13.7. The van der Waals surface area contributed by atoms with Gasteiger partial charge in [-0.2, -0.15) is 18.3 Å². The van der Waals surface area contributed by atoms with E-state index in [1.165, 1.54) is 38.2 Å². The number of aromatic nitrogens is 3. The molecule has 0 saturated heterocycles. The minimum atomic E-state index is -4.43. The van der Waals surface area contributed by atoms with Crippen molar-refractivity contribution in [1.29, 1.82) is 0 Å². The molecule has 0 spiro atoms. The first kappa shape index (κ1) is 21.5. The Morgan fingerprint density at radius 3 is 2.57 bits per heavy atom. The van der Waals surface area contributed by atoms with Gasteiger partial charge < -0.3 is 4.74 Å². The molecule has 30 heavy (non-hydrogen) atoms. The Labute approximate surface area is 170 Å². The summed E-state index contributed by atoms with van der Waals surface area (Å²) in [7, 11) is 0. The molecule has 0 fully saturated rings. The van der Waals surface area contributed by atoms with Gasteiger partial charge in [0.15, 0.2) is 6.10 Å². The fourth-order valence-corrected chi connectivity index (χ4v) is 3.13. The quantitative estimate of drug-likeness (QED) is 0.435. The Morgan fingerprint density at radius 2 is 1.93 bits per heavy atom. The van der Waals surface area contributed by atoms with E-state index < -0.39 is 30.6 Å². The number of pyridine rings is 1. The van der Waals surface area contributed by atoms with Crippen molar-refractivity contribution in [3.63, 3.8) is 0 Å². The van der Waals surface area contributed by atoms with Gasteiger partial charge in [-0.3, -0.25) is 14.5 Å². The van der Waals surface area contributed by atoms with Crippen LogP contribution in [0.5, 0.6) is 0 Å². The van der Waals surface area contributed by atoms with Crippen molar-refractivity contribution >= 4 is 5.97 Å². The van der Waals surface area contributed by atoms with Gasteiger partial charge in [0, 0.05) is 23.0 Å². The second-order valence-electron chi connectivity index (χ2n) is 6.78. The molecule has 0 radical (unpaired) electrons. The number of benzene rings is 1. The van der Waals surface area contributed by atoms with E-state index in [4.69, 9.17) is 4.74 Å². The number of alkyl halides is 3. The van der Waals surface area contributed by atoms with Crippen LogP contribution in [0, 0.1) is 19.7 Å².